The van der Waals surface area contributed by atoms with Crippen LogP contribution in [0.15, 0.2) is 24.3 Å². The standard InChI is InChI=1S/C15H22N2O2.ClH/c1-10-4-6-13(7-5-10)14(16)15(18)17-8-11(2)19-12(3)9-17;/h4-7,11-12,14H,8-9,16H2,1-3H3;1H. The number of carbonyl (C=O) groups is 1. The average Bonchev–Trinajstić information content (AvgIpc) is 2.37. The summed E-state index contributed by atoms with van der Waals surface area (Å²) in [5.74, 6) is -0.0224. The first kappa shape index (κ1) is 17.0. The first-order chi connectivity index (χ1) is 8.97. The quantitative estimate of drug-likeness (QED) is 0.909. The fraction of sp³-hybridized carbons (Fsp3) is 0.533. The van der Waals surface area contributed by atoms with Crippen molar-refractivity contribution in [3.8, 4) is 0 Å². The van der Waals surface area contributed by atoms with Gasteiger partial charge in [0, 0.05) is 13.1 Å². The predicted octanol–water partition coefficient (Wildman–Crippen LogP) is 2.05. The number of hydrogen-bond donors (Lipinski definition) is 1. The molecular weight excluding hydrogens is 276 g/mol. The number of nitrogens with two attached hydrogens (primary N) is 1. The number of carbonyl (C=O) groups excluding carboxylic acids is 1. The fourth-order valence-corrected chi connectivity index (χ4v) is 2.47. The van der Waals surface area contributed by atoms with Crippen molar-refractivity contribution in [1.29, 1.82) is 0 Å². The number of hydrogen-bond acceptors (Lipinski definition) is 3. The van der Waals surface area contributed by atoms with Gasteiger partial charge in [0.05, 0.1) is 12.2 Å². The summed E-state index contributed by atoms with van der Waals surface area (Å²) in [4.78, 5) is 14.2. The molecule has 0 bridgehead atoms. The summed E-state index contributed by atoms with van der Waals surface area (Å²) in [6.07, 6.45) is 0.135. The van der Waals surface area contributed by atoms with Gasteiger partial charge in [-0.05, 0) is 26.3 Å². The predicted molar refractivity (Wildman–Crippen MR) is 81.9 cm³/mol. The van der Waals surface area contributed by atoms with Crippen molar-refractivity contribution in [2.45, 2.75) is 39.0 Å². The maximum atomic E-state index is 12.4. The lowest BCUT2D eigenvalue weighted by Gasteiger charge is -2.36. The SMILES string of the molecule is Cc1ccc(C(N)C(=O)N2CC(C)OC(C)C2)cc1.Cl. The highest BCUT2D eigenvalue weighted by Gasteiger charge is 2.29. The van der Waals surface area contributed by atoms with E-state index < -0.39 is 6.04 Å². The van der Waals surface area contributed by atoms with Gasteiger partial charge in [0.25, 0.3) is 0 Å². The number of morpholine rings is 1. The summed E-state index contributed by atoms with van der Waals surface area (Å²) in [5.41, 5.74) is 8.11. The Kier molecular flexibility index (Phi) is 5.99. The number of amides is 1. The third kappa shape index (κ3) is 3.95. The van der Waals surface area contributed by atoms with Gasteiger partial charge >= 0.3 is 0 Å². The highest BCUT2D eigenvalue weighted by Crippen LogP contribution is 2.18. The van der Waals surface area contributed by atoms with Crippen molar-refractivity contribution >= 4 is 18.3 Å². The number of benzene rings is 1. The molecule has 3 unspecified atom stereocenters. The monoisotopic (exact) mass is 298 g/mol. The van der Waals surface area contributed by atoms with Crippen LogP contribution in [-0.4, -0.2) is 36.1 Å². The number of halogens is 1. The van der Waals surface area contributed by atoms with Crippen LogP contribution in [-0.2, 0) is 9.53 Å². The Labute approximate surface area is 126 Å². The second kappa shape index (κ2) is 7.07. The molecule has 0 aliphatic carbocycles. The molecule has 1 aliphatic rings. The van der Waals surface area contributed by atoms with Crippen LogP contribution in [0.3, 0.4) is 0 Å². The average molecular weight is 299 g/mol. The van der Waals surface area contributed by atoms with Crippen LogP contribution in [0.2, 0.25) is 0 Å². The highest BCUT2D eigenvalue weighted by molar-refractivity contribution is 5.85. The molecule has 0 spiro atoms. The van der Waals surface area contributed by atoms with Crippen LogP contribution < -0.4 is 5.73 Å². The Bertz CT molecular complexity index is 440. The number of ether oxygens (including phenoxy) is 1. The van der Waals surface area contributed by atoms with E-state index in [0.29, 0.717) is 13.1 Å². The Morgan fingerprint density at radius 2 is 1.75 bits per heavy atom. The maximum Gasteiger partial charge on any atom is 0.244 e. The van der Waals surface area contributed by atoms with Gasteiger partial charge in [-0.1, -0.05) is 29.8 Å². The van der Waals surface area contributed by atoms with E-state index in [4.69, 9.17) is 10.5 Å². The third-order valence-corrected chi connectivity index (χ3v) is 3.43. The Morgan fingerprint density at radius 3 is 2.25 bits per heavy atom. The molecule has 112 valence electrons. The lowest BCUT2D eigenvalue weighted by atomic mass is 10.0. The summed E-state index contributed by atoms with van der Waals surface area (Å²) in [6.45, 7) is 7.20. The van der Waals surface area contributed by atoms with Gasteiger partial charge in [-0.2, -0.15) is 0 Å². The van der Waals surface area contributed by atoms with Crippen molar-refractivity contribution in [2.24, 2.45) is 5.73 Å². The lowest BCUT2D eigenvalue weighted by molar-refractivity contribution is -0.144. The molecule has 1 heterocycles. The van der Waals surface area contributed by atoms with Crippen molar-refractivity contribution in [3.05, 3.63) is 35.4 Å². The van der Waals surface area contributed by atoms with E-state index in [-0.39, 0.29) is 30.5 Å². The molecular formula is C15H23ClN2O2. The summed E-state index contributed by atoms with van der Waals surface area (Å²) in [6, 6.07) is 7.22. The van der Waals surface area contributed by atoms with E-state index in [1.807, 2.05) is 49.9 Å². The van der Waals surface area contributed by atoms with E-state index in [9.17, 15) is 4.79 Å². The molecule has 1 fully saturated rings. The first-order valence-corrected chi connectivity index (χ1v) is 6.73. The van der Waals surface area contributed by atoms with Gasteiger partial charge in [0.1, 0.15) is 6.04 Å². The number of aryl methyl sites for hydroxylation is 1. The van der Waals surface area contributed by atoms with E-state index in [1.54, 1.807) is 0 Å². The Morgan fingerprint density at radius 1 is 1.25 bits per heavy atom. The summed E-state index contributed by atoms with van der Waals surface area (Å²) >= 11 is 0. The number of rotatable bonds is 2. The van der Waals surface area contributed by atoms with Crippen molar-refractivity contribution in [2.75, 3.05) is 13.1 Å². The molecule has 20 heavy (non-hydrogen) atoms. The molecule has 1 aromatic rings. The van der Waals surface area contributed by atoms with Crippen LogP contribution in [0.5, 0.6) is 0 Å². The van der Waals surface area contributed by atoms with Crippen LogP contribution in [0, 0.1) is 6.92 Å². The molecule has 5 heteroatoms. The molecule has 2 rings (SSSR count). The lowest BCUT2D eigenvalue weighted by Crippen LogP contribution is -2.50. The van der Waals surface area contributed by atoms with E-state index in [1.165, 1.54) is 0 Å². The van der Waals surface area contributed by atoms with Crippen LogP contribution in [0.1, 0.15) is 31.0 Å². The molecule has 3 atom stereocenters. The van der Waals surface area contributed by atoms with E-state index >= 15 is 0 Å². The Hall–Kier alpha value is -1.10. The fourth-order valence-electron chi connectivity index (χ4n) is 2.47. The molecule has 4 nitrogen and oxygen atoms in total. The van der Waals surface area contributed by atoms with Crippen molar-refractivity contribution in [3.63, 3.8) is 0 Å². The molecule has 1 amide bonds. The molecule has 0 radical (unpaired) electrons. The molecule has 2 N–H and O–H groups in total. The Balaban J connectivity index is 0.00000200. The van der Waals surface area contributed by atoms with Crippen LogP contribution in [0.25, 0.3) is 0 Å². The van der Waals surface area contributed by atoms with Gasteiger partial charge < -0.3 is 15.4 Å². The van der Waals surface area contributed by atoms with Crippen LogP contribution in [0.4, 0.5) is 0 Å². The van der Waals surface area contributed by atoms with Gasteiger partial charge in [-0.15, -0.1) is 12.4 Å². The zero-order valence-electron chi connectivity index (χ0n) is 12.2. The van der Waals surface area contributed by atoms with E-state index in [2.05, 4.69) is 0 Å². The smallest absolute Gasteiger partial charge is 0.244 e. The van der Waals surface area contributed by atoms with Gasteiger partial charge in [-0.3, -0.25) is 4.79 Å². The summed E-state index contributed by atoms with van der Waals surface area (Å²) in [5, 5.41) is 0. The van der Waals surface area contributed by atoms with Gasteiger partial charge in [0.15, 0.2) is 0 Å². The minimum atomic E-state index is -0.585. The maximum absolute atomic E-state index is 12.4. The molecule has 1 aliphatic heterocycles. The number of nitrogens with zero attached hydrogens (tertiary/aromatic N) is 1. The molecule has 0 aromatic heterocycles. The van der Waals surface area contributed by atoms with Crippen LogP contribution >= 0.6 is 12.4 Å². The topological polar surface area (TPSA) is 55.6 Å². The summed E-state index contributed by atoms with van der Waals surface area (Å²) < 4.78 is 5.63. The minimum absolute atomic E-state index is 0. The first-order valence-electron chi connectivity index (χ1n) is 6.73. The third-order valence-electron chi connectivity index (χ3n) is 3.43. The largest absolute Gasteiger partial charge is 0.372 e. The van der Waals surface area contributed by atoms with Gasteiger partial charge in [-0.25, -0.2) is 0 Å². The van der Waals surface area contributed by atoms with Crippen molar-refractivity contribution in [1.82, 2.24) is 4.90 Å². The second-order valence-corrected chi connectivity index (χ2v) is 5.39. The molecule has 1 aromatic carbocycles. The zero-order chi connectivity index (χ0) is 14.0. The minimum Gasteiger partial charge on any atom is -0.372 e. The molecule has 0 saturated carbocycles. The second-order valence-electron chi connectivity index (χ2n) is 5.39. The summed E-state index contributed by atoms with van der Waals surface area (Å²) in [7, 11) is 0. The normalized spacial score (nSPS) is 23.9. The highest BCUT2D eigenvalue weighted by atomic mass is 35.5. The molecule has 1 saturated heterocycles. The van der Waals surface area contributed by atoms with Crippen molar-refractivity contribution < 1.29 is 9.53 Å². The van der Waals surface area contributed by atoms with E-state index in [0.717, 1.165) is 11.1 Å². The van der Waals surface area contributed by atoms with Gasteiger partial charge in [0.2, 0.25) is 5.91 Å². The zero-order valence-corrected chi connectivity index (χ0v) is 13.0.